The summed E-state index contributed by atoms with van der Waals surface area (Å²) in [5.41, 5.74) is 3.45. The standard InChI is InChI=1S/C24H21N3O2S2/c1-3-13-25-20(28)15-31-24-26-22-21(18(14-30-22)17-10-5-4-6-11-17)23(29)27(24)19-12-8-7-9-16(19)2/h3-12,14H,1,13,15H2,2H3,(H,25,28). The van der Waals surface area contributed by atoms with Crippen LogP contribution in [0.5, 0.6) is 0 Å². The van der Waals surface area contributed by atoms with Crippen molar-refractivity contribution in [2.24, 2.45) is 0 Å². The molecule has 0 aliphatic heterocycles. The number of hydrogen-bond acceptors (Lipinski definition) is 5. The fourth-order valence-corrected chi connectivity index (χ4v) is 5.12. The number of nitrogens with one attached hydrogen (secondary N) is 1. The van der Waals surface area contributed by atoms with E-state index >= 15 is 0 Å². The van der Waals surface area contributed by atoms with Crippen molar-refractivity contribution in [2.45, 2.75) is 12.1 Å². The van der Waals surface area contributed by atoms with Crippen molar-refractivity contribution in [1.82, 2.24) is 14.9 Å². The van der Waals surface area contributed by atoms with Gasteiger partial charge in [-0.3, -0.25) is 14.2 Å². The Labute approximate surface area is 188 Å². The molecule has 2 aromatic heterocycles. The van der Waals surface area contributed by atoms with Crippen molar-refractivity contribution in [3.05, 3.63) is 88.5 Å². The summed E-state index contributed by atoms with van der Waals surface area (Å²) in [5, 5.41) is 5.83. The molecule has 1 amide bonds. The predicted octanol–water partition coefficient (Wildman–Crippen LogP) is 4.82. The zero-order chi connectivity index (χ0) is 21.8. The van der Waals surface area contributed by atoms with Gasteiger partial charge in [0.05, 0.1) is 16.8 Å². The Kier molecular flexibility index (Phi) is 6.34. The summed E-state index contributed by atoms with van der Waals surface area (Å²) in [5.74, 6) is 0.0286. The topological polar surface area (TPSA) is 64.0 Å². The van der Waals surface area contributed by atoms with E-state index in [1.54, 1.807) is 10.6 Å². The summed E-state index contributed by atoms with van der Waals surface area (Å²) in [6.45, 7) is 5.98. The number of para-hydroxylation sites is 1. The average Bonchev–Trinajstić information content (AvgIpc) is 3.22. The number of carbonyl (C=O) groups is 1. The van der Waals surface area contributed by atoms with Gasteiger partial charge in [0.2, 0.25) is 5.91 Å². The summed E-state index contributed by atoms with van der Waals surface area (Å²) in [6, 6.07) is 17.5. The van der Waals surface area contributed by atoms with E-state index in [2.05, 4.69) is 11.9 Å². The molecule has 5 nitrogen and oxygen atoms in total. The zero-order valence-corrected chi connectivity index (χ0v) is 18.6. The van der Waals surface area contributed by atoms with Crippen molar-refractivity contribution in [1.29, 1.82) is 0 Å². The Morgan fingerprint density at radius 1 is 1.19 bits per heavy atom. The van der Waals surface area contributed by atoms with Gasteiger partial charge in [0.25, 0.3) is 5.56 Å². The largest absolute Gasteiger partial charge is 0.352 e. The molecule has 0 saturated heterocycles. The van der Waals surface area contributed by atoms with Crippen LogP contribution in [-0.4, -0.2) is 27.8 Å². The summed E-state index contributed by atoms with van der Waals surface area (Å²) >= 11 is 2.70. The van der Waals surface area contributed by atoms with Gasteiger partial charge in [0.15, 0.2) is 5.16 Å². The molecule has 0 fully saturated rings. The molecule has 31 heavy (non-hydrogen) atoms. The van der Waals surface area contributed by atoms with Gasteiger partial charge in [-0.15, -0.1) is 17.9 Å². The SMILES string of the molecule is C=CCNC(=O)CSc1nc2scc(-c3ccccc3)c2c(=O)n1-c1ccccc1C. The second-order valence-electron chi connectivity index (χ2n) is 6.90. The number of aryl methyl sites for hydroxylation is 1. The molecule has 0 aliphatic carbocycles. The van der Waals surface area contributed by atoms with Crippen molar-refractivity contribution in [2.75, 3.05) is 12.3 Å². The summed E-state index contributed by atoms with van der Waals surface area (Å²) < 4.78 is 1.63. The van der Waals surface area contributed by atoms with Gasteiger partial charge in [-0.2, -0.15) is 0 Å². The third kappa shape index (κ3) is 4.33. The van der Waals surface area contributed by atoms with E-state index in [1.165, 1.54) is 23.1 Å². The Morgan fingerprint density at radius 3 is 2.68 bits per heavy atom. The zero-order valence-electron chi connectivity index (χ0n) is 17.0. The van der Waals surface area contributed by atoms with Crippen LogP contribution in [0.1, 0.15) is 5.56 Å². The van der Waals surface area contributed by atoms with Crippen LogP contribution in [0.15, 0.2) is 82.6 Å². The van der Waals surface area contributed by atoms with Crippen LogP contribution in [0.4, 0.5) is 0 Å². The highest BCUT2D eigenvalue weighted by Gasteiger charge is 2.20. The van der Waals surface area contributed by atoms with Crippen molar-refractivity contribution < 1.29 is 4.79 Å². The molecule has 156 valence electrons. The number of hydrogen-bond donors (Lipinski definition) is 1. The summed E-state index contributed by atoms with van der Waals surface area (Å²) in [6.07, 6.45) is 1.63. The number of fused-ring (bicyclic) bond motifs is 1. The molecule has 0 aliphatic rings. The van der Waals surface area contributed by atoms with Crippen molar-refractivity contribution in [3.8, 4) is 16.8 Å². The molecule has 4 rings (SSSR count). The van der Waals surface area contributed by atoms with Gasteiger partial charge >= 0.3 is 0 Å². The second kappa shape index (κ2) is 9.32. The Bertz CT molecular complexity index is 1310. The Morgan fingerprint density at radius 2 is 1.94 bits per heavy atom. The maximum Gasteiger partial charge on any atom is 0.268 e. The minimum atomic E-state index is -0.133. The lowest BCUT2D eigenvalue weighted by atomic mass is 10.1. The van der Waals surface area contributed by atoms with E-state index in [0.717, 1.165) is 22.4 Å². The monoisotopic (exact) mass is 447 g/mol. The minimum absolute atomic E-state index is 0.131. The highest BCUT2D eigenvalue weighted by Crippen LogP contribution is 2.33. The lowest BCUT2D eigenvalue weighted by molar-refractivity contribution is -0.118. The summed E-state index contributed by atoms with van der Waals surface area (Å²) in [4.78, 5) is 31.4. The van der Waals surface area contributed by atoms with E-state index in [1.807, 2.05) is 66.9 Å². The molecule has 4 aromatic rings. The number of thioether (sulfide) groups is 1. The molecule has 0 saturated carbocycles. The first-order chi connectivity index (χ1) is 15.1. The van der Waals surface area contributed by atoms with Crippen LogP contribution in [0.25, 0.3) is 27.0 Å². The van der Waals surface area contributed by atoms with Crippen LogP contribution in [0, 0.1) is 6.92 Å². The lowest BCUT2D eigenvalue weighted by Gasteiger charge is -2.14. The van der Waals surface area contributed by atoms with Crippen LogP contribution in [0.3, 0.4) is 0 Å². The maximum absolute atomic E-state index is 13.8. The quantitative estimate of drug-likeness (QED) is 0.251. The molecule has 2 aromatic carbocycles. The number of amides is 1. The first-order valence-electron chi connectivity index (χ1n) is 9.76. The average molecular weight is 448 g/mol. The highest BCUT2D eigenvalue weighted by molar-refractivity contribution is 7.99. The minimum Gasteiger partial charge on any atom is -0.352 e. The van der Waals surface area contributed by atoms with Gasteiger partial charge < -0.3 is 5.32 Å². The molecule has 0 radical (unpaired) electrons. The normalized spacial score (nSPS) is 10.9. The fourth-order valence-electron chi connectivity index (χ4n) is 3.29. The molecule has 0 unspecified atom stereocenters. The van der Waals surface area contributed by atoms with E-state index in [-0.39, 0.29) is 17.2 Å². The third-order valence-electron chi connectivity index (χ3n) is 4.79. The van der Waals surface area contributed by atoms with Gasteiger partial charge in [0, 0.05) is 17.5 Å². The number of carbonyl (C=O) groups excluding carboxylic acids is 1. The van der Waals surface area contributed by atoms with Crippen LogP contribution >= 0.6 is 23.1 Å². The van der Waals surface area contributed by atoms with E-state index in [4.69, 9.17) is 4.98 Å². The lowest BCUT2D eigenvalue weighted by Crippen LogP contribution is -2.26. The number of aromatic nitrogens is 2. The molecule has 2 heterocycles. The number of rotatable bonds is 7. The first-order valence-corrected chi connectivity index (χ1v) is 11.6. The van der Waals surface area contributed by atoms with E-state index in [0.29, 0.717) is 21.9 Å². The first kappa shape index (κ1) is 21.1. The van der Waals surface area contributed by atoms with Crippen LogP contribution in [0.2, 0.25) is 0 Å². The second-order valence-corrected chi connectivity index (χ2v) is 8.70. The Balaban J connectivity index is 1.88. The molecular weight excluding hydrogens is 426 g/mol. The molecule has 1 N–H and O–H groups in total. The Hall–Kier alpha value is -3.16. The summed E-state index contributed by atoms with van der Waals surface area (Å²) in [7, 11) is 0. The van der Waals surface area contributed by atoms with Gasteiger partial charge in [-0.05, 0) is 24.1 Å². The third-order valence-corrected chi connectivity index (χ3v) is 6.60. The molecule has 0 atom stereocenters. The fraction of sp³-hybridized carbons (Fsp3) is 0.125. The smallest absolute Gasteiger partial charge is 0.268 e. The molecule has 0 spiro atoms. The van der Waals surface area contributed by atoms with Crippen LogP contribution in [-0.2, 0) is 4.79 Å². The van der Waals surface area contributed by atoms with Gasteiger partial charge in [-0.1, -0.05) is 66.4 Å². The van der Waals surface area contributed by atoms with Crippen molar-refractivity contribution in [3.63, 3.8) is 0 Å². The van der Waals surface area contributed by atoms with E-state index in [9.17, 15) is 9.59 Å². The molecule has 0 bridgehead atoms. The van der Waals surface area contributed by atoms with Gasteiger partial charge in [-0.25, -0.2) is 4.98 Å². The predicted molar refractivity (Wildman–Crippen MR) is 129 cm³/mol. The number of nitrogens with zero attached hydrogens (tertiary/aromatic N) is 2. The molecule has 7 heteroatoms. The highest BCUT2D eigenvalue weighted by atomic mass is 32.2. The van der Waals surface area contributed by atoms with Crippen LogP contribution < -0.4 is 10.9 Å². The number of thiophene rings is 1. The number of benzene rings is 2. The molecular formula is C24H21N3O2S2. The maximum atomic E-state index is 13.8. The van der Waals surface area contributed by atoms with Crippen molar-refractivity contribution >= 4 is 39.2 Å². The van der Waals surface area contributed by atoms with Gasteiger partial charge in [0.1, 0.15) is 4.83 Å². The van der Waals surface area contributed by atoms with E-state index < -0.39 is 0 Å².